The number of rotatable bonds is 3. The molecule has 0 fully saturated rings. The van der Waals surface area contributed by atoms with E-state index in [0.29, 0.717) is 0 Å². The molecule has 2 aromatic rings. The summed E-state index contributed by atoms with van der Waals surface area (Å²) in [7, 11) is 1.50. The van der Waals surface area contributed by atoms with Crippen molar-refractivity contribution in [1.29, 1.82) is 5.26 Å². The number of nitrogens with zero attached hydrogens (tertiary/aromatic N) is 2. The summed E-state index contributed by atoms with van der Waals surface area (Å²) >= 11 is 0. The fourth-order valence-corrected chi connectivity index (χ4v) is 1.73. The van der Waals surface area contributed by atoms with Crippen molar-refractivity contribution in [2.75, 3.05) is 5.32 Å². The van der Waals surface area contributed by atoms with E-state index in [1.807, 2.05) is 36.4 Å². The predicted octanol–water partition coefficient (Wildman–Crippen LogP) is 2.01. The van der Waals surface area contributed by atoms with Crippen LogP contribution in [0.25, 0.3) is 0 Å². The van der Waals surface area contributed by atoms with Gasteiger partial charge < -0.3 is 9.30 Å². The number of nitriles is 1. The van der Waals surface area contributed by atoms with Gasteiger partial charge in [0, 0.05) is 13.2 Å². The molecular formula is C15H13N3O3. The van der Waals surface area contributed by atoms with Crippen LogP contribution in [0.3, 0.4) is 0 Å². The molecule has 2 rings (SSSR count). The number of carbonyl (C=O) groups excluding carboxylic acids is 1. The van der Waals surface area contributed by atoms with Crippen molar-refractivity contribution < 1.29 is 9.53 Å². The molecule has 6 heteroatoms. The van der Waals surface area contributed by atoms with E-state index in [2.05, 4.69) is 5.32 Å². The first kappa shape index (κ1) is 14.3. The molecule has 1 aromatic carbocycles. The zero-order chi connectivity index (χ0) is 15.2. The van der Waals surface area contributed by atoms with Gasteiger partial charge in [-0.1, -0.05) is 30.3 Å². The Morgan fingerprint density at radius 3 is 2.76 bits per heavy atom. The summed E-state index contributed by atoms with van der Waals surface area (Å²) in [5.74, 6) is 0. The van der Waals surface area contributed by atoms with Gasteiger partial charge in [-0.3, -0.25) is 10.1 Å². The van der Waals surface area contributed by atoms with Crippen molar-refractivity contribution in [3.63, 3.8) is 0 Å². The molecule has 21 heavy (non-hydrogen) atoms. The SMILES string of the molecule is Cn1cc(C#N)cc(NC(=O)OCc2ccccc2)c1=O. The summed E-state index contributed by atoms with van der Waals surface area (Å²) < 4.78 is 6.25. The van der Waals surface area contributed by atoms with Gasteiger partial charge in [0.05, 0.1) is 5.56 Å². The first-order chi connectivity index (χ1) is 10.1. The number of carbonyl (C=O) groups is 1. The van der Waals surface area contributed by atoms with Crippen LogP contribution in [0.15, 0.2) is 47.4 Å². The van der Waals surface area contributed by atoms with Gasteiger partial charge in [0.15, 0.2) is 0 Å². The molecule has 0 bridgehead atoms. The number of aryl methyl sites for hydroxylation is 1. The van der Waals surface area contributed by atoms with Crippen molar-refractivity contribution in [3.05, 3.63) is 64.1 Å². The average molecular weight is 283 g/mol. The Bertz CT molecular complexity index is 745. The van der Waals surface area contributed by atoms with E-state index in [9.17, 15) is 9.59 Å². The van der Waals surface area contributed by atoms with Crippen LogP contribution in [0.1, 0.15) is 11.1 Å². The molecule has 1 amide bonds. The summed E-state index contributed by atoms with van der Waals surface area (Å²) in [6.07, 6.45) is 0.647. The zero-order valence-electron chi connectivity index (χ0n) is 11.4. The Morgan fingerprint density at radius 2 is 2.10 bits per heavy atom. The molecular weight excluding hydrogens is 270 g/mol. The Morgan fingerprint density at radius 1 is 1.38 bits per heavy atom. The van der Waals surface area contributed by atoms with Gasteiger partial charge >= 0.3 is 6.09 Å². The molecule has 106 valence electrons. The summed E-state index contributed by atoms with van der Waals surface area (Å²) in [4.78, 5) is 23.5. The van der Waals surface area contributed by atoms with Crippen LogP contribution >= 0.6 is 0 Å². The fourth-order valence-electron chi connectivity index (χ4n) is 1.73. The monoisotopic (exact) mass is 283 g/mol. The van der Waals surface area contributed by atoms with Crippen molar-refractivity contribution in [1.82, 2.24) is 4.57 Å². The van der Waals surface area contributed by atoms with Gasteiger partial charge in [0.25, 0.3) is 5.56 Å². The van der Waals surface area contributed by atoms with Gasteiger partial charge in [0.1, 0.15) is 18.4 Å². The molecule has 0 aliphatic rings. The van der Waals surface area contributed by atoms with E-state index in [1.54, 1.807) is 0 Å². The van der Waals surface area contributed by atoms with Crippen LogP contribution in [-0.4, -0.2) is 10.7 Å². The summed E-state index contributed by atoms with van der Waals surface area (Å²) in [6, 6.07) is 12.4. The van der Waals surface area contributed by atoms with Crippen LogP contribution in [-0.2, 0) is 18.4 Å². The third kappa shape index (κ3) is 3.70. The number of benzene rings is 1. The number of amides is 1. The zero-order valence-corrected chi connectivity index (χ0v) is 11.4. The van der Waals surface area contributed by atoms with Gasteiger partial charge in [0.2, 0.25) is 0 Å². The van der Waals surface area contributed by atoms with Crippen LogP contribution in [0.2, 0.25) is 0 Å². The largest absolute Gasteiger partial charge is 0.444 e. The fraction of sp³-hybridized carbons (Fsp3) is 0.133. The lowest BCUT2D eigenvalue weighted by molar-refractivity contribution is 0.155. The van der Waals surface area contributed by atoms with Crippen molar-refractivity contribution >= 4 is 11.8 Å². The number of ether oxygens (including phenoxy) is 1. The van der Waals surface area contributed by atoms with E-state index in [1.165, 1.54) is 23.9 Å². The molecule has 0 atom stereocenters. The second kappa shape index (κ2) is 6.39. The maximum atomic E-state index is 11.8. The van der Waals surface area contributed by atoms with Crippen molar-refractivity contribution in [2.24, 2.45) is 7.05 Å². The number of pyridine rings is 1. The molecule has 1 heterocycles. The van der Waals surface area contributed by atoms with Crippen LogP contribution < -0.4 is 10.9 Å². The maximum absolute atomic E-state index is 11.8. The van der Waals surface area contributed by atoms with E-state index in [4.69, 9.17) is 10.00 Å². The topological polar surface area (TPSA) is 84.1 Å². The molecule has 0 aliphatic carbocycles. The maximum Gasteiger partial charge on any atom is 0.412 e. The minimum atomic E-state index is -0.744. The lowest BCUT2D eigenvalue weighted by Crippen LogP contribution is -2.24. The Hall–Kier alpha value is -3.07. The first-order valence-corrected chi connectivity index (χ1v) is 6.18. The molecule has 1 aromatic heterocycles. The highest BCUT2D eigenvalue weighted by Crippen LogP contribution is 2.06. The highest BCUT2D eigenvalue weighted by Gasteiger charge is 2.09. The van der Waals surface area contributed by atoms with Crippen LogP contribution in [0, 0.1) is 11.3 Å². The van der Waals surface area contributed by atoms with Gasteiger partial charge in [-0.05, 0) is 11.6 Å². The third-order valence-corrected chi connectivity index (χ3v) is 2.76. The van der Waals surface area contributed by atoms with E-state index in [0.717, 1.165) is 5.56 Å². The lowest BCUT2D eigenvalue weighted by Gasteiger charge is -2.08. The summed E-state index contributed by atoms with van der Waals surface area (Å²) in [5, 5.41) is 11.2. The highest BCUT2D eigenvalue weighted by molar-refractivity contribution is 5.84. The molecule has 0 aliphatic heterocycles. The normalized spacial score (nSPS) is 9.71. The van der Waals surface area contributed by atoms with Gasteiger partial charge in [-0.25, -0.2) is 4.79 Å². The van der Waals surface area contributed by atoms with Gasteiger partial charge in [-0.2, -0.15) is 5.26 Å². The quantitative estimate of drug-likeness (QED) is 0.933. The second-order valence-electron chi connectivity index (χ2n) is 4.36. The minimum Gasteiger partial charge on any atom is -0.444 e. The molecule has 0 saturated carbocycles. The predicted molar refractivity (Wildman–Crippen MR) is 76.6 cm³/mol. The Kier molecular flexibility index (Phi) is 4.36. The average Bonchev–Trinajstić information content (AvgIpc) is 2.50. The second-order valence-corrected chi connectivity index (χ2v) is 4.36. The molecule has 1 N–H and O–H groups in total. The number of aromatic nitrogens is 1. The summed E-state index contributed by atoms with van der Waals surface area (Å²) in [5.41, 5.74) is 0.710. The van der Waals surface area contributed by atoms with E-state index < -0.39 is 11.7 Å². The smallest absolute Gasteiger partial charge is 0.412 e. The highest BCUT2D eigenvalue weighted by atomic mass is 16.5. The Labute approximate surface area is 121 Å². The summed E-state index contributed by atoms with van der Waals surface area (Å²) in [6.45, 7) is 0.102. The minimum absolute atomic E-state index is 0.00890. The number of hydrogen-bond donors (Lipinski definition) is 1. The van der Waals surface area contributed by atoms with Gasteiger partial charge in [-0.15, -0.1) is 0 Å². The third-order valence-electron chi connectivity index (χ3n) is 2.76. The molecule has 0 saturated heterocycles. The van der Waals surface area contributed by atoms with Crippen LogP contribution in [0.5, 0.6) is 0 Å². The number of anilines is 1. The molecule has 0 radical (unpaired) electrons. The number of hydrogen-bond acceptors (Lipinski definition) is 4. The van der Waals surface area contributed by atoms with E-state index >= 15 is 0 Å². The molecule has 0 unspecified atom stereocenters. The lowest BCUT2D eigenvalue weighted by atomic mass is 10.2. The van der Waals surface area contributed by atoms with Crippen molar-refractivity contribution in [3.8, 4) is 6.07 Å². The van der Waals surface area contributed by atoms with Crippen molar-refractivity contribution in [2.45, 2.75) is 6.61 Å². The number of nitrogens with one attached hydrogen (secondary N) is 1. The molecule has 0 spiro atoms. The standard InChI is InChI=1S/C15H13N3O3/c1-18-9-12(8-16)7-13(14(18)19)17-15(20)21-10-11-5-3-2-4-6-11/h2-7,9H,10H2,1H3,(H,17,20). The van der Waals surface area contributed by atoms with E-state index in [-0.39, 0.29) is 17.9 Å². The first-order valence-electron chi connectivity index (χ1n) is 6.18. The Balaban J connectivity index is 2.05. The van der Waals surface area contributed by atoms with Crippen LogP contribution in [0.4, 0.5) is 10.5 Å². The molecule has 6 nitrogen and oxygen atoms in total.